The lowest BCUT2D eigenvalue weighted by molar-refractivity contribution is 0.117. The molecule has 23 heavy (non-hydrogen) atoms. The van der Waals surface area contributed by atoms with E-state index in [-0.39, 0.29) is 0 Å². The van der Waals surface area contributed by atoms with Gasteiger partial charge in [-0.05, 0) is 11.1 Å². The number of hydrogen-bond acceptors (Lipinski definition) is 2. The molecule has 0 aliphatic carbocycles. The zero-order chi connectivity index (χ0) is 15.9. The number of piperazine rings is 1. The Morgan fingerprint density at radius 2 is 1.35 bits per heavy atom. The van der Waals surface area contributed by atoms with Gasteiger partial charge in [0.1, 0.15) is 0 Å². The molecule has 3 rings (SSSR count). The molecule has 3 heteroatoms. The summed E-state index contributed by atoms with van der Waals surface area (Å²) in [6.07, 6.45) is 2.02. The van der Waals surface area contributed by atoms with Crippen LogP contribution in [0, 0.1) is 0 Å². The van der Waals surface area contributed by atoms with Gasteiger partial charge in [0, 0.05) is 38.3 Å². The van der Waals surface area contributed by atoms with E-state index < -0.39 is 0 Å². The van der Waals surface area contributed by atoms with Crippen molar-refractivity contribution in [1.82, 2.24) is 9.80 Å². The first-order chi connectivity index (χ1) is 11.4. The van der Waals surface area contributed by atoms with Crippen molar-refractivity contribution < 1.29 is 0 Å². The summed E-state index contributed by atoms with van der Waals surface area (Å²) in [5.74, 6) is 0. The molecule has 120 valence electrons. The van der Waals surface area contributed by atoms with Crippen molar-refractivity contribution in [3.63, 3.8) is 0 Å². The number of hydrogen-bond donors (Lipinski definition) is 0. The van der Waals surface area contributed by atoms with Crippen LogP contribution in [0.15, 0.2) is 72.3 Å². The van der Waals surface area contributed by atoms with E-state index in [1.165, 1.54) is 11.1 Å². The maximum atomic E-state index is 5.64. The number of halogens is 1. The molecule has 0 bridgehead atoms. The number of nitrogens with zero attached hydrogens (tertiary/aromatic N) is 2. The molecule has 0 N–H and O–H groups in total. The van der Waals surface area contributed by atoms with Crippen LogP contribution in [-0.4, -0.2) is 42.5 Å². The average molecular weight is 327 g/mol. The van der Waals surface area contributed by atoms with E-state index in [9.17, 15) is 0 Å². The Balaban J connectivity index is 1.78. The molecular weight excluding hydrogens is 304 g/mol. The third-order valence-electron chi connectivity index (χ3n) is 4.46. The molecule has 0 aromatic heterocycles. The van der Waals surface area contributed by atoms with E-state index in [4.69, 9.17) is 11.6 Å². The molecule has 1 saturated heterocycles. The molecule has 1 fully saturated rings. The third kappa shape index (κ3) is 4.23. The highest BCUT2D eigenvalue weighted by atomic mass is 35.5. The van der Waals surface area contributed by atoms with Gasteiger partial charge in [-0.15, -0.1) is 0 Å². The van der Waals surface area contributed by atoms with Crippen LogP contribution in [0.25, 0.3) is 0 Å². The van der Waals surface area contributed by atoms with Crippen LogP contribution in [0.5, 0.6) is 0 Å². The summed E-state index contributed by atoms with van der Waals surface area (Å²) in [6.45, 7) is 5.25. The summed E-state index contributed by atoms with van der Waals surface area (Å²) in [7, 11) is 0. The largest absolute Gasteiger partial charge is 0.297 e. The highest BCUT2D eigenvalue weighted by molar-refractivity contribution is 6.25. The number of benzene rings is 2. The topological polar surface area (TPSA) is 6.48 Å². The third-order valence-corrected chi connectivity index (χ3v) is 4.63. The molecule has 1 aliphatic rings. The van der Waals surface area contributed by atoms with Crippen LogP contribution < -0.4 is 0 Å². The second-order valence-electron chi connectivity index (χ2n) is 5.92. The summed E-state index contributed by atoms with van der Waals surface area (Å²) in [5.41, 5.74) is 4.35. The lowest BCUT2D eigenvalue weighted by Crippen LogP contribution is -2.47. The predicted molar refractivity (Wildman–Crippen MR) is 97.7 cm³/mol. The van der Waals surface area contributed by atoms with E-state index >= 15 is 0 Å². The van der Waals surface area contributed by atoms with Gasteiger partial charge in [0.2, 0.25) is 0 Å². The summed E-state index contributed by atoms with van der Waals surface area (Å²) in [5, 5.41) is 0. The van der Waals surface area contributed by atoms with Crippen molar-refractivity contribution in [1.29, 1.82) is 0 Å². The molecule has 0 radical (unpaired) electrons. The Morgan fingerprint density at radius 1 is 0.826 bits per heavy atom. The Hall–Kier alpha value is -1.61. The molecule has 2 aromatic rings. The zero-order valence-electron chi connectivity index (χ0n) is 13.3. The Morgan fingerprint density at radius 3 is 1.83 bits per heavy atom. The van der Waals surface area contributed by atoms with Gasteiger partial charge in [0.15, 0.2) is 0 Å². The first-order valence-corrected chi connectivity index (χ1v) is 8.63. The Bertz CT molecular complexity index is 565. The van der Waals surface area contributed by atoms with Gasteiger partial charge in [-0.1, -0.05) is 78.3 Å². The molecule has 0 unspecified atom stereocenters. The monoisotopic (exact) mass is 326 g/mol. The van der Waals surface area contributed by atoms with Gasteiger partial charge in [-0.3, -0.25) is 9.80 Å². The summed E-state index contributed by atoms with van der Waals surface area (Å²) in [6, 6.07) is 22.0. The molecule has 0 spiro atoms. The molecular formula is C20H23ClN2. The fourth-order valence-corrected chi connectivity index (χ4v) is 3.36. The predicted octanol–water partition coefficient (Wildman–Crippen LogP) is 4.15. The Kier molecular flexibility index (Phi) is 5.87. The van der Waals surface area contributed by atoms with Gasteiger partial charge in [0.25, 0.3) is 0 Å². The quantitative estimate of drug-likeness (QED) is 0.814. The standard InChI is InChI=1S/C20H23ClN2/c21-12-7-13-22-14-16-23(17-15-22)20(18-8-3-1-4-9-18)19-10-5-2-6-11-19/h1-12,20H,13-17H2/b12-7+. The zero-order valence-corrected chi connectivity index (χ0v) is 14.1. The van der Waals surface area contributed by atoms with Crippen molar-refractivity contribution in [2.45, 2.75) is 6.04 Å². The van der Waals surface area contributed by atoms with Crippen LogP contribution in [0.3, 0.4) is 0 Å². The summed E-state index contributed by atoms with van der Waals surface area (Å²) >= 11 is 5.64. The van der Waals surface area contributed by atoms with Crippen molar-refractivity contribution in [2.24, 2.45) is 0 Å². The normalized spacial score (nSPS) is 17.1. The summed E-state index contributed by atoms with van der Waals surface area (Å²) in [4.78, 5) is 5.04. The molecule has 0 saturated carbocycles. The van der Waals surface area contributed by atoms with Crippen molar-refractivity contribution in [2.75, 3.05) is 32.7 Å². The van der Waals surface area contributed by atoms with Gasteiger partial charge in [0.05, 0.1) is 6.04 Å². The molecule has 0 atom stereocenters. The minimum Gasteiger partial charge on any atom is -0.297 e. The smallest absolute Gasteiger partial charge is 0.0602 e. The van der Waals surface area contributed by atoms with Gasteiger partial charge < -0.3 is 0 Å². The second-order valence-corrected chi connectivity index (χ2v) is 6.17. The van der Waals surface area contributed by atoms with Crippen molar-refractivity contribution in [3.05, 3.63) is 83.4 Å². The SMILES string of the molecule is Cl/C=C/CN1CCN(C(c2ccccc2)c2ccccc2)CC1. The van der Waals surface area contributed by atoms with Crippen molar-refractivity contribution >= 4 is 11.6 Å². The van der Waals surface area contributed by atoms with Crippen LogP contribution >= 0.6 is 11.6 Å². The molecule has 1 aliphatic heterocycles. The van der Waals surface area contributed by atoms with E-state index in [2.05, 4.69) is 70.5 Å². The summed E-state index contributed by atoms with van der Waals surface area (Å²) < 4.78 is 0. The van der Waals surface area contributed by atoms with Crippen molar-refractivity contribution in [3.8, 4) is 0 Å². The van der Waals surface area contributed by atoms with Gasteiger partial charge >= 0.3 is 0 Å². The lowest BCUT2D eigenvalue weighted by Gasteiger charge is -2.39. The van der Waals surface area contributed by atoms with Crippen LogP contribution in [-0.2, 0) is 0 Å². The average Bonchev–Trinajstić information content (AvgIpc) is 2.63. The fraction of sp³-hybridized carbons (Fsp3) is 0.300. The first kappa shape index (κ1) is 16.3. The van der Waals surface area contributed by atoms with Crippen LogP contribution in [0.2, 0.25) is 0 Å². The minimum atomic E-state index is 0.336. The molecule has 2 aromatic carbocycles. The maximum Gasteiger partial charge on any atom is 0.0602 e. The molecule has 1 heterocycles. The fourth-order valence-electron chi connectivity index (χ4n) is 3.28. The van der Waals surface area contributed by atoms with Gasteiger partial charge in [-0.2, -0.15) is 0 Å². The van der Waals surface area contributed by atoms with Crippen LogP contribution in [0.1, 0.15) is 17.2 Å². The van der Waals surface area contributed by atoms with E-state index in [0.717, 1.165) is 32.7 Å². The molecule has 0 amide bonds. The van der Waals surface area contributed by atoms with E-state index in [1.807, 2.05) is 6.08 Å². The minimum absolute atomic E-state index is 0.336. The molecule has 2 nitrogen and oxygen atoms in total. The first-order valence-electron chi connectivity index (χ1n) is 8.20. The highest BCUT2D eigenvalue weighted by Crippen LogP contribution is 2.29. The van der Waals surface area contributed by atoms with E-state index in [0.29, 0.717) is 6.04 Å². The second kappa shape index (κ2) is 8.30. The maximum absolute atomic E-state index is 5.64. The number of rotatable bonds is 5. The van der Waals surface area contributed by atoms with Crippen LogP contribution in [0.4, 0.5) is 0 Å². The highest BCUT2D eigenvalue weighted by Gasteiger charge is 2.25. The van der Waals surface area contributed by atoms with Gasteiger partial charge in [-0.25, -0.2) is 0 Å². The Labute approximate surface area is 144 Å². The van der Waals surface area contributed by atoms with E-state index in [1.54, 1.807) is 5.54 Å². The lowest BCUT2D eigenvalue weighted by atomic mass is 9.96.